The first kappa shape index (κ1) is 15.6. The number of aliphatic hydroxyl groups excluding tert-OH is 1. The standard InChI is InChI=1S/C15H24N4O2/c1-2-3-7-19(8-9-20)15-12(14(16)18-21)10-11-5-4-6-13(11)17-15/h10,20-21H,2-9H2,1H3,(H2,16,18). The normalized spacial score (nSPS) is 14.3. The Labute approximate surface area is 125 Å². The molecule has 0 atom stereocenters. The van der Waals surface area contributed by atoms with Crippen LogP contribution in [0, 0.1) is 0 Å². The van der Waals surface area contributed by atoms with E-state index in [1.165, 1.54) is 5.56 Å². The minimum absolute atomic E-state index is 0.0537. The third-order valence-electron chi connectivity index (χ3n) is 3.87. The molecule has 0 aromatic carbocycles. The first-order valence-electron chi connectivity index (χ1n) is 7.57. The Balaban J connectivity index is 2.42. The third kappa shape index (κ3) is 3.44. The van der Waals surface area contributed by atoms with Gasteiger partial charge in [0.15, 0.2) is 5.84 Å². The maximum Gasteiger partial charge on any atom is 0.173 e. The summed E-state index contributed by atoms with van der Waals surface area (Å²) in [5, 5.41) is 21.4. The molecular weight excluding hydrogens is 268 g/mol. The molecule has 0 radical (unpaired) electrons. The molecule has 1 aromatic heterocycles. The van der Waals surface area contributed by atoms with Crippen LogP contribution in [0.3, 0.4) is 0 Å². The lowest BCUT2D eigenvalue weighted by molar-refractivity contribution is 0.301. The number of anilines is 1. The fourth-order valence-electron chi connectivity index (χ4n) is 2.74. The van der Waals surface area contributed by atoms with Crippen molar-refractivity contribution in [2.45, 2.75) is 39.0 Å². The minimum atomic E-state index is 0.0537. The first-order chi connectivity index (χ1) is 10.2. The summed E-state index contributed by atoms with van der Waals surface area (Å²) in [5.41, 5.74) is 8.75. The van der Waals surface area contributed by atoms with E-state index in [4.69, 9.17) is 15.9 Å². The van der Waals surface area contributed by atoms with Gasteiger partial charge in [-0.1, -0.05) is 18.5 Å². The zero-order valence-electron chi connectivity index (χ0n) is 12.5. The Hall–Kier alpha value is -1.82. The fourth-order valence-corrected chi connectivity index (χ4v) is 2.74. The van der Waals surface area contributed by atoms with Gasteiger partial charge < -0.3 is 20.9 Å². The molecule has 4 N–H and O–H groups in total. The molecule has 1 heterocycles. The number of hydrogen-bond acceptors (Lipinski definition) is 5. The van der Waals surface area contributed by atoms with Crippen molar-refractivity contribution in [3.05, 3.63) is 22.9 Å². The van der Waals surface area contributed by atoms with Gasteiger partial charge in [-0.3, -0.25) is 0 Å². The van der Waals surface area contributed by atoms with Gasteiger partial charge in [-0.2, -0.15) is 0 Å². The monoisotopic (exact) mass is 292 g/mol. The van der Waals surface area contributed by atoms with E-state index < -0.39 is 0 Å². The van der Waals surface area contributed by atoms with E-state index >= 15 is 0 Å². The predicted molar refractivity (Wildman–Crippen MR) is 83.0 cm³/mol. The van der Waals surface area contributed by atoms with Gasteiger partial charge >= 0.3 is 0 Å². The molecule has 116 valence electrons. The molecule has 0 aliphatic heterocycles. The molecule has 0 unspecified atom stereocenters. The summed E-state index contributed by atoms with van der Waals surface area (Å²) in [7, 11) is 0. The van der Waals surface area contributed by atoms with Crippen LogP contribution in [0.2, 0.25) is 0 Å². The SMILES string of the molecule is CCCCN(CCO)c1nc2c(cc1C(N)=NO)CCC2. The fraction of sp³-hybridized carbons (Fsp3) is 0.600. The van der Waals surface area contributed by atoms with Crippen LogP contribution in [0.4, 0.5) is 5.82 Å². The number of nitrogens with zero attached hydrogens (tertiary/aromatic N) is 3. The molecule has 6 nitrogen and oxygen atoms in total. The summed E-state index contributed by atoms with van der Waals surface area (Å²) < 4.78 is 0. The number of rotatable bonds is 7. The zero-order valence-corrected chi connectivity index (χ0v) is 12.5. The lowest BCUT2D eigenvalue weighted by Crippen LogP contribution is -2.32. The van der Waals surface area contributed by atoms with Gasteiger partial charge in [0.2, 0.25) is 0 Å². The number of amidine groups is 1. The maximum absolute atomic E-state index is 9.30. The van der Waals surface area contributed by atoms with Gasteiger partial charge in [0, 0.05) is 18.8 Å². The Morgan fingerprint density at radius 1 is 1.43 bits per heavy atom. The molecule has 6 heteroatoms. The Kier molecular flexibility index (Phi) is 5.38. The maximum atomic E-state index is 9.30. The Morgan fingerprint density at radius 2 is 2.24 bits per heavy atom. The van der Waals surface area contributed by atoms with Gasteiger partial charge in [-0.05, 0) is 37.3 Å². The van der Waals surface area contributed by atoms with Gasteiger partial charge in [0.05, 0.1) is 12.2 Å². The highest BCUT2D eigenvalue weighted by Crippen LogP contribution is 2.27. The van der Waals surface area contributed by atoms with Crippen LogP contribution in [-0.4, -0.2) is 40.8 Å². The van der Waals surface area contributed by atoms with Crippen molar-refractivity contribution in [1.82, 2.24) is 4.98 Å². The number of oxime groups is 1. The summed E-state index contributed by atoms with van der Waals surface area (Å²) in [4.78, 5) is 6.76. The van der Waals surface area contributed by atoms with Crippen LogP contribution in [0.1, 0.15) is 43.0 Å². The second-order valence-corrected chi connectivity index (χ2v) is 5.37. The van der Waals surface area contributed by atoms with Crippen molar-refractivity contribution in [3.63, 3.8) is 0 Å². The van der Waals surface area contributed by atoms with Gasteiger partial charge in [-0.15, -0.1) is 0 Å². The summed E-state index contributed by atoms with van der Waals surface area (Å²) in [6.45, 7) is 3.47. The quantitative estimate of drug-likeness (QED) is 0.304. The molecular formula is C15H24N4O2. The van der Waals surface area contributed by atoms with E-state index in [2.05, 4.69) is 12.1 Å². The van der Waals surface area contributed by atoms with Crippen molar-refractivity contribution in [1.29, 1.82) is 0 Å². The van der Waals surface area contributed by atoms with E-state index in [1.54, 1.807) is 0 Å². The highest BCUT2D eigenvalue weighted by Gasteiger charge is 2.21. The molecule has 0 saturated carbocycles. The van der Waals surface area contributed by atoms with Crippen LogP contribution in [0.5, 0.6) is 0 Å². The van der Waals surface area contributed by atoms with Crippen molar-refractivity contribution in [3.8, 4) is 0 Å². The minimum Gasteiger partial charge on any atom is -0.409 e. The number of nitrogens with two attached hydrogens (primary N) is 1. The number of pyridine rings is 1. The number of unbranched alkanes of at least 4 members (excludes halogenated alkanes) is 1. The number of aryl methyl sites for hydroxylation is 2. The van der Waals surface area contributed by atoms with Crippen LogP contribution < -0.4 is 10.6 Å². The van der Waals surface area contributed by atoms with Gasteiger partial charge in [-0.25, -0.2) is 4.98 Å². The van der Waals surface area contributed by atoms with E-state index in [9.17, 15) is 5.11 Å². The average Bonchev–Trinajstić information content (AvgIpc) is 2.96. The number of aromatic nitrogens is 1. The average molecular weight is 292 g/mol. The van der Waals surface area contributed by atoms with Crippen LogP contribution in [-0.2, 0) is 12.8 Å². The van der Waals surface area contributed by atoms with Crippen molar-refractivity contribution < 1.29 is 10.3 Å². The molecule has 0 fully saturated rings. The molecule has 0 amide bonds. The molecule has 21 heavy (non-hydrogen) atoms. The van der Waals surface area contributed by atoms with E-state index in [0.717, 1.165) is 44.3 Å². The molecule has 1 aliphatic carbocycles. The smallest absolute Gasteiger partial charge is 0.173 e. The van der Waals surface area contributed by atoms with Crippen molar-refractivity contribution >= 4 is 11.7 Å². The first-order valence-corrected chi connectivity index (χ1v) is 7.57. The number of hydrogen-bond donors (Lipinski definition) is 3. The van der Waals surface area contributed by atoms with E-state index in [0.29, 0.717) is 17.9 Å². The largest absolute Gasteiger partial charge is 0.409 e. The van der Waals surface area contributed by atoms with Crippen LogP contribution in [0.25, 0.3) is 0 Å². The molecule has 1 aromatic rings. The molecule has 1 aliphatic rings. The second kappa shape index (κ2) is 7.26. The number of fused-ring (bicyclic) bond motifs is 1. The summed E-state index contributed by atoms with van der Waals surface area (Å²) >= 11 is 0. The van der Waals surface area contributed by atoms with E-state index in [-0.39, 0.29) is 12.4 Å². The van der Waals surface area contributed by atoms with Crippen molar-refractivity contribution in [2.75, 3.05) is 24.6 Å². The Bertz CT molecular complexity index is 517. The summed E-state index contributed by atoms with van der Waals surface area (Å²) in [6, 6.07) is 1.98. The second-order valence-electron chi connectivity index (χ2n) is 5.37. The predicted octanol–water partition coefficient (Wildman–Crippen LogP) is 1.26. The highest BCUT2D eigenvalue weighted by atomic mass is 16.4. The molecule has 2 rings (SSSR count). The summed E-state index contributed by atoms with van der Waals surface area (Å²) in [5.74, 6) is 0.792. The third-order valence-corrected chi connectivity index (χ3v) is 3.87. The zero-order chi connectivity index (χ0) is 15.2. The number of aliphatic hydroxyl groups is 1. The summed E-state index contributed by atoms with van der Waals surface area (Å²) in [6.07, 6.45) is 5.12. The highest BCUT2D eigenvalue weighted by molar-refractivity contribution is 6.01. The van der Waals surface area contributed by atoms with E-state index in [1.807, 2.05) is 11.0 Å². The van der Waals surface area contributed by atoms with Crippen molar-refractivity contribution in [2.24, 2.45) is 10.9 Å². The lowest BCUT2D eigenvalue weighted by Gasteiger charge is -2.25. The van der Waals surface area contributed by atoms with Gasteiger partial charge in [0.1, 0.15) is 5.82 Å². The molecule has 0 saturated heterocycles. The van der Waals surface area contributed by atoms with Crippen LogP contribution in [0.15, 0.2) is 11.2 Å². The van der Waals surface area contributed by atoms with Crippen LogP contribution >= 0.6 is 0 Å². The molecule has 0 bridgehead atoms. The molecule has 0 spiro atoms. The topological polar surface area (TPSA) is 95.0 Å². The van der Waals surface area contributed by atoms with Gasteiger partial charge in [0.25, 0.3) is 0 Å². The Morgan fingerprint density at radius 3 is 2.90 bits per heavy atom. The lowest BCUT2D eigenvalue weighted by atomic mass is 10.1.